The molecule has 1 unspecified atom stereocenters. The van der Waals surface area contributed by atoms with E-state index in [9.17, 15) is 31.1 Å². The van der Waals surface area contributed by atoms with E-state index in [1.165, 1.54) is 6.92 Å². The van der Waals surface area contributed by atoms with Crippen LogP contribution in [0, 0.1) is 12.8 Å². The second kappa shape index (κ2) is 5.82. The van der Waals surface area contributed by atoms with Crippen LogP contribution < -0.4 is 5.32 Å². The summed E-state index contributed by atoms with van der Waals surface area (Å²) in [5.74, 6) is -4.80. The third kappa shape index (κ3) is 4.54. The van der Waals surface area contributed by atoms with Gasteiger partial charge in [0.25, 0.3) is 0 Å². The van der Waals surface area contributed by atoms with Gasteiger partial charge in [-0.25, -0.2) is 0 Å². The molecule has 0 bridgehead atoms. The van der Waals surface area contributed by atoms with Gasteiger partial charge >= 0.3 is 18.3 Å². The van der Waals surface area contributed by atoms with Crippen LogP contribution >= 0.6 is 0 Å². The summed E-state index contributed by atoms with van der Waals surface area (Å²) in [4.78, 5) is 10.5. The van der Waals surface area contributed by atoms with Crippen LogP contribution in [0.4, 0.5) is 32.0 Å². The topological polar surface area (TPSA) is 49.3 Å². The minimum absolute atomic E-state index is 0.194. The van der Waals surface area contributed by atoms with Crippen LogP contribution in [0.2, 0.25) is 0 Å². The molecule has 1 aromatic carbocycles. The zero-order chi connectivity index (χ0) is 16.4. The molecular formula is C12H11F6NO2. The van der Waals surface area contributed by atoms with E-state index in [0.717, 1.165) is 12.1 Å². The first kappa shape index (κ1) is 17.1. The number of hydrogen-bond donors (Lipinski definition) is 2. The maximum atomic E-state index is 12.5. The number of benzene rings is 1. The Hall–Kier alpha value is -1.93. The van der Waals surface area contributed by atoms with Crippen LogP contribution in [-0.2, 0) is 11.0 Å². The molecule has 0 saturated heterocycles. The van der Waals surface area contributed by atoms with Crippen LogP contribution in [0.5, 0.6) is 0 Å². The predicted octanol–water partition coefficient (Wildman–Crippen LogP) is 3.69. The van der Waals surface area contributed by atoms with E-state index in [-0.39, 0.29) is 11.3 Å². The second-order valence-corrected chi connectivity index (χ2v) is 4.34. The minimum atomic E-state index is -4.99. The summed E-state index contributed by atoms with van der Waals surface area (Å²) in [5, 5.41) is 10.6. The number of halogens is 6. The molecule has 118 valence electrons. The van der Waals surface area contributed by atoms with E-state index >= 15 is 0 Å². The molecule has 0 aliphatic heterocycles. The van der Waals surface area contributed by atoms with Gasteiger partial charge < -0.3 is 10.4 Å². The first-order valence-corrected chi connectivity index (χ1v) is 5.64. The van der Waals surface area contributed by atoms with Gasteiger partial charge in [-0.15, -0.1) is 0 Å². The number of hydrogen-bond acceptors (Lipinski definition) is 2. The Labute approximate surface area is 115 Å². The number of alkyl halides is 6. The Kier molecular flexibility index (Phi) is 4.75. The monoisotopic (exact) mass is 315 g/mol. The lowest BCUT2D eigenvalue weighted by Crippen LogP contribution is -2.36. The maximum Gasteiger partial charge on any atom is 0.416 e. The molecule has 0 heterocycles. The molecule has 0 aliphatic rings. The van der Waals surface area contributed by atoms with Crippen LogP contribution in [-0.4, -0.2) is 23.8 Å². The van der Waals surface area contributed by atoms with E-state index in [0.29, 0.717) is 6.07 Å². The molecule has 0 aliphatic carbocycles. The average molecular weight is 315 g/mol. The summed E-state index contributed by atoms with van der Waals surface area (Å²) in [6, 6.07) is 2.53. The van der Waals surface area contributed by atoms with Gasteiger partial charge in [-0.3, -0.25) is 4.79 Å². The van der Waals surface area contributed by atoms with Crippen LogP contribution in [0.3, 0.4) is 0 Å². The first-order valence-electron chi connectivity index (χ1n) is 5.64. The van der Waals surface area contributed by atoms with Gasteiger partial charge in [0.1, 0.15) is 0 Å². The number of aryl methyl sites for hydroxylation is 1. The second-order valence-electron chi connectivity index (χ2n) is 4.34. The number of carboxylic acid groups (broad SMARTS) is 1. The van der Waals surface area contributed by atoms with E-state index in [1.54, 1.807) is 0 Å². The molecule has 1 atom stereocenters. The first-order chi connectivity index (χ1) is 9.43. The fourth-order valence-electron chi connectivity index (χ4n) is 1.54. The molecule has 21 heavy (non-hydrogen) atoms. The highest BCUT2D eigenvalue weighted by atomic mass is 19.4. The smallest absolute Gasteiger partial charge is 0.416 e. The lowest BCUT2D eigenvalue weighted by atomic mass is 10.1. The maximum absolute atomic E-state index is 12.5. The third-order valence-corrected chi connectivity index (χ3v) is 2.75. The summed E-state index contributed by atoms with van der Waals surface area (Å²) in [6.07, 6.45) is -9.63. The van der Waals surface area contributed by atoms with Crippen LogP contribution in [0.25, 0.3) is 0 Å². The van der Waals surface area contributed by atoms with E-state index in [2.05, 4.69) is 5.32 Å². The van der Waals surface area contributed by atoms with Crippen molar-refractivity contribution in [3.8, 4) is 0 Å². The molecule has 0 spiro atoms. The molecule has 2 N–H and O–H groups in total. The summed E-state index contributed by atoms with van der Waals surface area (Å²) in [5.41, 5.74) is -0.955. The molecular weight excluding hydrogens is 304 g/mol. The summed E-state index contributed by atoms with van der Waals surface area (Å²) < 4.78 is 74.9. The fourth-order valence-corrected chi connectivity index (χ4v) is 1.54. The molecule has 1 rings (SSSR count). The van der Waals surface area contributed by atoms with Gasteiger partial charge in [0.15, 0.2) is 5.92 Å². The zero-order valence-electron chi connectivity index (χ0n) is 10.6. The van der Waals surface area contributed by atoms with E-state index in [4.69, 9.17) is 5.11 Å². The molecule has 0 amide bonds. The molecule has 0 radical (unpaired) electrons. The predicted molar refractivity (Wildman–Crippen MR) is 61.9 cm³/mol. The van der Waals surface area contributed by atoms with E-state index < -0.39 is 36.3 Å². The number of anilines is 1. The van der Waals surface area contributed by atoms with Crippen molar-refractivity contribution in [2.75, 3.05) is 11.9 Å². The molecule has 9 heteroatoms. The van der Waals surface area contributed by atoms with Gasteiger partial charge in [0.05, 0.1) is 5.56 Å². The van der Waals surface area contributed by atoms with Gasteiger partial charge in [0, 0.05) is 12.2 Å². The number of nitrogens with one attached hydrogen (secondary N) is 1. The van der Waals surface area contributed by atoms with Crippen molar-refractivity contribution >= 4 is 11.7 Å². The highest BCUT2D eigenvalue weighted by Crippen LogP contribution is 2.33. The molecule has 0 fully saturated rings. The van der Waals surface area contributed by atoms with Crippen molar-refractivity contribution in [1.29, 1.82) is 0 Å². The summed E-state index contributed by atoms with van der Waals surface area (Å²) >= 11 is 0. The molecule has 0 saturated carbocycles. The lowest BCUT2D eigenvalue weighted by molar-refractivity contribution is -0.190. The van der Waals surface area contributed by atoms with Crippen molar-refractivity contribution in [2.24, 2.45) is 5.92 Å². The van der Waals surface area contributed by atoms with Crippen LogP contribution in [0.15, 0.2) is 18.2 Å². The largest absolute Gasteiger partial charge is 0.481 e. The number of rotatable bonds is 4. The van der Waals surface area contributed by atoms with E-state index in [1.807, 2.05) is 0 Å². The molecule has 0 aromatic heterocycles. The highest BCUT2D eigenvalue weighted by molar-refractivity contribution is 5.72. The van der Waals surface area contributed by atoms with Crippen molar-refractivity contribution in [2.45, 2.75) is 19.3 Å². The van der Waals surface area contributed by atoms with Crippen molar-refractivity contribution in [3.63, 3.8) is 0 Å². The minimum Gasteiger partial charge on any atom is -0.481 e. The fraction of sp³-hybridized carbons (Fsp3) is 0.417. The summed E-state index contributed by atoms with van der Waals surface area (Å²) in [6.45, 7) is 0.340. The quantitative estimate of drug-likeness (QED) is 0.833. The Morgan fingerprint density at radius 2 is 1.81 bits per heavy atom. The summed E-state index contributed by atoms with van der Waals surface area (Å²) in [7, 11) is 0. The number of carboxylic acids is 1. The Balaban J connectivity index is 2.95. The van der Waals surface area contributed by atoms with Gasteiger partial charge in [-0.1, -0.05) is 6.07 Å². The van der Waals surface area contributed by atoms with Crippen molar-refractivity contribution in [1.82, 2.24) is 0 Å². The van der Waals surface area contributed by atoms with Crippen molar-refractivity contribution in [3.05, 3.63) is 29.3 Å². The van der Waals surface area contributed by atoms with Crippen molar-refractivity contribution < 1.29 is 36.2 Å². The Bertz CT molecular complexity index is 523. The highest BCUT2D eigenvalue weighted by Gasteiger charge is 2.45. The molecule has 1 aromatic rings. The average Bonchev–Trinajstić information content (AvgIpc) is 2.27. The zero-order valence-corrected chi connectivity index (χ0v) is 10.6. The standard InChI is InChI=1S/C12H11F6NO2/c1-6-2-3-7(11(13,14)15)4-9(6)19-5-8(10(20)21)12(16,17)18/h2-4,8,19H,5H2,1H3,(H,20,21). The van der Waals surface area contributed by atoms with Gasteiger partial charge in [-0.05, 0) is 24.6 Å². The molecule has 3 nitrogen and oxygen atoms in total. The van der Waals surface area contributed by atoms with Gasteiger partial charge in [-0.2, -0.15) is 26.3 Å². The SMILES string of the molecule is Cc1ccc(C(F)(F)F)cc1NCC(C(=O)O)C(F)(F)F. The Morgan fingerprint density at radius 3 is 2.24 bits per heavy atom. The number of aliphatic carboxylic acids is 1. The number of carbonyl (C=O) groups is 1. The normalized spacial score (nSPS) is 13.9. The van der Waals surface area contributed by atoms with Gasteiger partial charge in [0.2, 0.25) is 0 Å². The Morgan fingerprint density at radius 1 is 1.24 bits per heavy atom. The third-order valence-electron chi connectivity index (χ3n) is 2.75. The van der Waals surface area contributed by atoms with Crippen LogP contribution in [0.1, 0.15) is 11.1 Å². The lowest BCUT2D eigenvalue weighted by Gasteiger charge is -2.19.